The third-order valence-electron chi connectivity index (χ3n) is 3.89. The number of fused-ring (bicyclic) bond motifs is 1. The molecule has 10 heteroatoms. The predicted molar refractivity (Wildman–Crippen MR) is 109 cm³/mol. The van der Waals surface area contributed by atoms with Gasteiger partial charge in [0, 0.05) is 36.9 Å². The molecule has 1 aromatic heterocycles. The molecule has 0 saturated heterocycles. The minimum Gasteiger partial charge on any atom is -0.312 e. The van der Waals surface area contributed by atoms with Crippen LogP contribution < -0.4 is 4.80 Å². The van der Waals surface area contributed by atoms with Crippen LogP contribution in [0.1, 0.15) is 5.56 Å². The summed E-state index contributed by atoms with van der Waals surface area (Å²) in [6.45, 7) is 3.99. The van der Waals surface area contributed by atoms with E-state index in [1.165, 1.54) is 53.8 Å². The van der Waals surface area contributed by atoms with Crippen LogP contribution in [0.5, 0.6) is 0 Å². The molecule has 0 N–H and O–H groups in total. The first-order chi connectivity index (χ1) is 13.9. The third-order valence-corrected chi connectivity index (χ3v) is 4.95. The normalized spacial score (nSPS) is 11.8. The van der Waals surface area contributed by atoms with E-state index in [1.807, 2.05) is 0 Å². The minimum atomic E-state index is -0.560. The Morgan fingerprint density at radius 2 is 1.86 bits per heavy atom. The van der Waals surface area contributed by atoms with Gasteiger partial charge in [0.2, 0.25) is 0 Å². The highest BCUT2D eigenvalue weighted by atomic mass is 32.1. The topological polar surface area (TPSA) is 121 Å². The van der Waals surface area contributed by atoms with Crippen molar-refractivity contribution in [3.63, 3.8) is 0 Å². The average molecular weight is 410 g/mol. The average Bonchev–Trinajstić information content (AvgIpc) is 3.03. The van der Waals surface area contributed by atoms with Crippen LogP contribution in [0.4, 0.5) is 11.4 Å². The van der Waals surface area contributed by atoms with Gasteiger partial charge in [-0.1, -0.05) is 29.5 Å². The summed E-state index contributed by atoms with van der Waals surface area (Å²) in [5.41, 5.74) is 0.940. The van der Waals surface area contributed by atoms with Crippen LogP contribution in [0.3, 0.4) is 0 Å². The van der Waals surface area contributed by atoms with Crippen molar-refractivity contribution in [1.82, 2.24) is 4.57 Å². The molecule has 1 heterocycles. The molecule has 146 valence electrons. The number of nitro benzene ring substituents is 2. The summed E-state index contributed by atoms with van der Waals surface area (Å²) >= 11 is 1.22. The van der Waals surface area contributed by atoms with Gasteiger partial charge in [-0.25, -0.2) is 0 Å². The van der Waals surface area contributed by atoms with E-state index in [0.29, 0.717) is 22.4 Å². The van der Waals surface area contributed by atoms with Crippen LogP contribution >= 0.6 is 11.3 Å². The number of carbonyl (C=O) groups excluding carboxylic acids is 1. The zero-order chi connectivity index (χ0) is 21.0. The van der Waals surface area contributed by atoms with Crippen molar-refractivity contribution in [2.24, 2.45) is 4.99 Å². The maximum absolute atomic E-state index is 12.3. The molecule has 3 rings (SSSR count). The molecule has 0 saturated carbocycles. The summed E-state index contributed by atoms with van der Waals surface area (Å²) in [6, 6.07) is 10.3. The van der Waals surface area contributed by atoms with E-state index in [4.69, 9.17) is 0 Å². The van der Waals surface area contributed by atoms with Gasteiger partial charge in [-0.2, -0.15) is 4.99 Å². The molecule has 0 aliphatic carbocycles. The maximum atomic E-state index is 12.3. The molecule has 0 aliphatic rings. The summed E-state index contributed by atoms with van der Waals surface area (Å²) in [4.78, 5) is 37.6. The lowest BCUT2D eigenvalue weighted by Crippen LogP contribution is -2.15. The summed E-state index contributed by atoms with van der Waals surface area (Å²) in [6.07, 6.45) is 4.26. The second-order valence-corrected chi connectivity index (χ2v) is 6.84. The number of rotatable bonds is 6. The quantitative estimate of drug-likeness (QED) is 0.264. The van der Waals surface area contributed by atoms with E-state index in [9.17, 15) is 25.0 Å². The van der Waals surface area contributed by atoms with Gasteiger partial charge in [0.25, 0.3) is 17.3 Å². The lowest BCUT2D eigenvalue weighted by Gasteiger charge is -2.00. The first-order valence-corrected chi connectivity index (χ1v) is 9.10. The number of non-ortho nitro benzene ring substituents is 2. The second kappa shape index (κ2) is 8.40. The molecule has 0 bridgehead atoms. The Balaban J connectivity index is 1.98. The lowest BCUT2D eigenvalue weighted by molar-refractivity contribution is -0.385. The molecular weight excluding hydrogens is 396 g/mol. The summed E-state index contributed by atoms with van der Waals surface area (Å²) in [5.74, 6) is -0.560. The Morgan fingerprint density at radius 3 is 2.55 bits per heavy atom. The molecule has 0 radical (unpaired) electrons. The fourth-order valence-electron chi connectivity index (χ4n) is 2.60. The second-order valence-electron chi connectivity index (χ2n) is 5.83. The number of thiazole rings is 1. The highest BCUT2D eigenvalue weighted by Gasteiger charge is 2.12. The van der Waals surface area contributed by atoms with E-state index < -0.39 is 15.8 Å². The van der Waals surface area contributed by atoms with E-state index in [1.54, 1.807) is 22.8 Å². The van der Waals surface area contributed by atoms with Crippen molar-refractivity contribution in [2.45, 2.75) is 6.54 Å². The monoisotopic (exact) mass is 410 g/mol. The predicted octanol–water partition coefficient (Wildman–Crippen LogP) is 3.85. The van der Waals surface area contributed by atoms with Crippen LogP contribution in [0.15, 0.2) is 66.2 Å². The van der Waals surface area contributed by atoms with Crippen molar-refractivity contribution < 1.29 is 14.6 Å². The smallest absolute Gasteiger partial charge is 0.272 e. The third kappa shape index (κ3) is 4.50. The standard InChI is InChI=1S/C19H14N4O5S/c1-2-10-21-16-12-15(23(27)28)7-8-17(16)29-19(21)20-18(24)9-6-13-4-3-5-14(11-13)22(25)26/h2-9,11-12H,1,10H2. The van der Waals surface area contributed by atoms with Gasteiger partial charge in [-0.3, -0.25) is 25.0 Å². The van der Waals surface area contributed by atoms with E-state index >= 15 is 0 Å². The lowest BCUT2D eigenvalue weighted by atomic mass is 10.2. The highest BCUT2D eigenvalue weighted by molar-refractivity contribution is 7.16. The number of aromatic nitrogens is 1. The fourth-order valence-corrected chi connectivity index (χ4v) is 3.63. The molecular formula is C19H14N4O5S. The molecule has 0 spiro atoms. The highest BCUT2D eigenvalue weighted by Crippen LogP contribution is 2.23. The molecule has 29 heavy (non-hydrogen) atoms. The van der Waals surface area contributed by atoms with Crippen molar-refractivity contribution in [1.29, 1.82) is 0 Å². The van der Waals surface area contributed by atoms with Crippen molar-refractivity contribution in [2.75, 3.05) is 0 Å². The van der Waals surface area contributed by atoms with Crippen LogP contribution in [-0.4, -0.2) is 20.3 Å². The number of hydrogen-bond acceptors (Lipinski definition) is 6. The molecule has 0 atom stereocenters. The summed E-state index contributed by atoms with van der Waals surface area (Å²) < 4.78 is 2.41. The fraction of sp³-hybridized carbons (Fsp3) is 0.0526. The van der Waals surface area contributed by atoms with Crippen molar-refractivity contribution >= 4 is 44.9 Å². The number of hydrogen-bond donors (Lipinski definition) is 0. The van der Waals surface area contributed by atoms with E-state index in [-0.39, 0.29) is 11.4 Å². The molecule has 0 aliphatic heterocycles. The first kappa shape index (κ1) is 19.8. The number of benzene rings is 2. The Morgan fingerprint density at radius 1 is 1.14 bits per heavy atom. The molecule has 2 aromatic carbocycles. The van der Waals surface area contributed by atoms with E-state index in [2.05, 4.69) is 11.6 Å². The van der Waals surface area contributed by atoms with Gasteiger partial charge < -0.3 is 4.57 Å². The van der Waals surface area contributed by atoms with Gasteiger partial charge in [-0.15, -0.1) is 6.58 Å². The summed E-state index contributed by atoms with van der Waals surface area (Å²) in [7, 11) is 0. The largest absolute Gasteiger partial charge is 0.312 e. The molecule has 0 unspecified atom stereocenters. The minimum absolute atomic E-state index is 0.0587. The van der Waals surface area contributed by atoms with Gasteiger partial charge in [-0.05, 0) is 17.7 Å². The Labute approximate surface area is 167 Å². The van der Waals surface area contributed by atoms with Gasteiger partial charge in [0.05, 0.1) is 20.1 Å². The Hall–Kier alpha value is -3.92. The van der Waals surface area contributed by atoms with Crippen molar-refractivity contribution in [3.05, 3.63) is 91.8 Å². The molecule has 0 fully saturated rings. The van der Waals surface area contributed by atoms with Crippen molar-refractivity contribution in [3.8, 4) is 0 Å². The molecule has 3 aromatic rings. The van der Waals surface area contributed by atoms with Crippen LogP contribution in [0.2, 0.25) is 0 Å². The number of carbonyl (C=O) groups is 1. The van der Waals surface area contributed by atoms with E-state index in [0.717, 1.165) is 4.70 Å². The van der Waals surface area contributed by atoms with Crippen LogP contribution in [0, 0.1) is 20.2 Å². The number of nitro groups is 2. The molecule has 1 amide bonds. The number of allylic oxidation sites excluding steroid dienone is 1. The zero-order valence-corrected chi connectivity index (χ0v) is 15.7. The van der Waals surface area contributed by atoms with Gasteiger partial charge in [0.1, 0.15) is 0 Å². The van der Waals surface area contributed by atoms with Crippen LogP contribution in [-0.2, 0) is 11.3 Å². The zero-order valence-electron chi connectivity index (χ0n) is 14.9. The first-order valence-electron chi connectivity index (χ1n) is 8.29. The van der Waals surface area contributed by atoms with Gasteiger partial charge >= 0.3 is 0 Å². The SMILES string of the molecule is C=CCn1c(=NC(=O)C=Cc2cccc([N+](=O)[O-])c2)sc2ccc([N+](=O)[O-])cc21. The number of nitrogens with zero attached hydrogens (tertiary/aromatic N) is 4. The Kier molecular flexibility index (Phi) is 5.74. The summed E-state index contributed by atoms with van der Waals surface area (Å²) in [5, 5.41) is 21.9. The Bertz CT molecular complexity index is 1240. The van der Waals surface area contributed by atoms with Crippen LogP contribution in [0.25, 0.3) is 16.3 Å². The molecule has 9 nitrogen and oxygen atoms in total. The van der Waals surface area contributed by atoms with Gasteiger partial charge in [0.15, 0.2) is 4.80 Å². The maximum Gasteiger partial charge on any atom is 0.272 e. The number of amides is 1.